The number of aryl methyl sites for hydroxylation is 3. The molecule has 148 valence electrons. The van der Waals surface area contributed by atoms with Crippen molar-refractivity contribution >= 4 is 34.1 Å². The summed E-state index contributed by atoms with van der Waals surface area (Å²) < 4.78 is 1.60. The van der Waals surface area contributed by atoms with E-state index in [-0.39, 0.29) is 11.5 Å². The van der Waals surface area contributed by atoms with Crippen LogP contribution in [0.4, 0.5) is 5.69 Å². The maximum Gasteiger partial charge on any atom is 0.254 e. The van der Waals surface area contributed by atoms with Gasteiger partial charge in [-0.15, -0.1) is 0 Å². The summed E-state index contributed by atoms with van der Waals surface area (Å²) >= 11 is 0. The molecular weight excluding hydrogens is 368 g/mol. The quantitative estimate of drug-likeness (QED) is 0.485. The van der Waals surface area contributed by atoms with Crippen LogP contribution < -0.4 is 11.1 Å². The topological polar surface area (TPSA) is 118 Å². The highest BCUT2D eigenvalue weighted by Crippen LogP contribution is 2.21. The number of primary amides is 1. The third kappa shape index (κ3) is 3.44. The summed E-state index contributed by atoms with van der Waals surface area (Å²) in [6.45, 7) is 5.76. The van der Waals surface area contributed by atoms with E-state index in [4.69, 9.17) is 5.73 Å². The van der Waals surface area contributed by atoms with Gasteiger partial charge in [0.25, 0.3) is 5.91 Å². The number of rotatable bonds is 5. The van der Waals surface area contributed by atoms with Crippen LogP contribution in [-0.2, 0) is 11.2 Å². The Hall–Kier alpha value is -3.68. The van der Waals surface area contributed by atoms with Gasteiger partial charge in [0.2, 0.25) is 5.91 Å². The van der Waals surface area contributed by atoms with Crippen LogP contribution in [0.15, 0.2) is 30.5 Å². The maximum absolute atomic E-state index is 12.5. The van der Waals surface area contributed by atoms with Gasteiger partial charge in [0.15, 0.2) is 5.65 Å². The minimum atomic E-state index is -0.562. The third-order valence-electron chi connectivity index (χ3n) is 5.12. The van der Waals surface area contributed by atoms with Gasteiger partial charge in [-0.05, 0) is 57.0 Å². The lowest BCUT2D eigenvalue weighted by Gasteiger charge is -2.11. The van der Waals surface area contributed by atoms with Crippen molar-refractivity contribution in [1.82, 2.24) is 19.6 Å². The Kier molecular flexibility index (Phi) is 4.54. The van der Waals surface area contributed by atoms with Gasteiger partial charge >= 0.3 is 0 Å². The molecule has 0 unspecified atom stereocenters. The first-order chi connectivity index (χ1) is 13.8. The number of benzene rings is 1. The molecule has 1 aromatic carbocycles. The van der Waals surface area contributed by atoms with E-state index in [1.54, 1.807) is 4.52 Å². The number of fused-ring (bicyclic) bond motifs is 2. The Morgan fingerprint density at radius 2 is 2.00 bits per heavy atom. The zero-order valence-electron chi connectivity index (χ0n) is 16.5. The number of carbonyl (C=O) groups excluding carboxylic acids is 2. The number of anilines is 1. The summed E-state index contributed by atoms with van der Waals surface area (Å²) in [5.74, 6) is -0.637. The minimum absolute atomic E-state index is 0.0752. The Bertz CT molecular complexity index is 1270. The summed E-state index contributed by atoms with van der Waals surface area (Å²) in [6, 6.07) is 7.84. The molecule has 4 aromatic rings. The molecule has 29 heavy (non-hydrogen) atoms. The fourth-order valence-corrected chi connectivity index (χ4v) is 3.66. The average molecular weight is 390 g/mol. The molecule has 8 heteroatoms. The number of amides is 2. The molecule has 0 saturated carbocycles. The van der Waals surface area contributed by atoms with Crippen molar-refractivity contribution in [1.29, 1.82) is 0 Å². The van der Waals surface area contributed by atoms with Crippen molar-refractivity contribution in [3.05, 3.63) is 58.7 Å². The number of aromatic nitrogens is 4. The number of aromatic amines is 1. The van der Waals surface area contributed by atoms with E-state index in [0.29, 0.717) is 18.5 Å². The van der Waals surface area contributed by atoms with Crippen molar-refractivity contribution in [2.75, 3.05) is 5.32 Å². The molecule has 0 spiro atoms. The molecule has 2 amide bonds. The molecule has 0 fully saturated rings. The zero-order valence-corrected chi connectivity index (χ0v) is 16.5. The van der Waals surface area contributed by atoms with Crippen LogP contribution in [-0.4, -0.2) is 31.4 Å². The van der Waals surface area contributed by atoms with Crippen molar-refractivity contribution in [2.45, 2.75) is 33.6 Å². The van der Waals surface area contributed by atoms with E-state index in [1.807, 2.05) is 45.0 Å². The molecule has 0 radical (unpaired) electrons. The number of nitrogens with zero attached hydrogens (tertiary/aromatic N) is 3. The van der Waals surface area contributed by atoms with Crippen LogP contribution in [0, 0.1) is 20.8 Å². The molecular formula is C21H22N6O2. The number of H-pyrrole nitrogens is 1. The second-order valence-electron chi connectivity index (χ2n) is 7.22. The highest BCUT2D eigenvalue weighted by Gasteiger charge is 2.17. The van der Waals surface area contributed by atoms with Gasteiger partial charge in [0, 0.05) is 40.1 Å². The Labute approximate surface area is 167 Å². The molecule has 0 aliphatic rings. The van der Waals surface area contributed by atoms with Gasteiger partial charge < -0.3 is 16.0 Å². The zero-order chi connectivity index (χ0) is 20.7. The normalized spacial score (nSPS) is 11.3. The van der Waals surface area contributed by atoms with Crippen LogP contribution in [0.2, 0.25) is 0 Å². The third-order valence-corrected chi connectivity index (χ3v) is 5.12. The molecule has 0 aliphatic heterocycles. The van der Waals surface area contributed by atoms with Gasteiger partial charge in [0.05, 0.1) is 6.20 Å². The first-order valence-electron chi connectivity index (χ1n) is 9.36. The number of nitrogens with two attached hydrogens (primary N) is 1. The van der Waals surface area contributed by atoms with E-state index in [9.17, 15) is 9.59 Å². The predicted molar refractivity (Wildman–Crippen MR) is 111 cm³/mol. The molecule has 8 nitrogen and oxygen atoms in total. The molecule has 0 aliphatic carbocycles. The standard InChI is InChI=1S/C21H22N6O2/c1-11-8-14-9-15(4-6-18(14)24-11)26-19(28)7-5-16-12(2)25-21-17(20(22)29)10-23-27(21)13(16)3/h4,6,8-10,24H,5,7H2,1-3H3,(H2,22,29)(H,26,28). The van der Waals surface area contributed by atoms with E-state index >= 15 is 0 Å². The van der Waals surface area contributed by atoms with Crippen LogP contribution in [0.25, 0.3) is 16.6 Å². The van der Waals surface area contributed by atoms with E-state index < -0.39 is 5.91 Å². The summed E-state index contributed by atoms with van der Waals surface area (Å²) in [6.07, 6.45) is 2.25. The lowest BCUT2D eigenvalue weighted by atomic mass is 10.1. The molecule has 4 N–H and O–H groups in total. The molecule has 0 saturated heterocycles. The molecule has 0 atom stereocenters. The van der Waals surface area contributed by atoms with E-state index in [2.05, 4.69) is 20.4 Å². The number of hydrogen-bond donors (Lipinski definition) is 3. The smallest absolute Gasteiger partial charge is 0.254 e. The fourth-order valence-electron chi connectivity index (χ4n) is 3.66. The minimum Gasteiger partial charge on any atom is -0.365 e. The first-order valence-corrected chi connectivity index (χ1v) is 9.36. The van der Waals surface area contributed by atoms with E-state index in [1.165, 1.54) is 6.20 Å². The summed E-state index contributed by atoms with van der Waals surface area (Å²) in [5.41, 5.74) is 11.5. The lowest BCUT2D eigenvalue weighted by molar-refractivity contribution is -0.116. The second-order valence-corrected chi connectivity index (χ2v) is 7.22. The molecule has 3 heterocycles. The SMILES string of the molecule is Cc1cc2cc(NC(=O)CCc3c(C)nc4c(C(N)=O)cnn4c3C)ccc2[nH]1. The Morgan fingerprint density at radius 3 is 2.76 bits per heavy atom. The van der Waals surface area contributed by atoms with Crippen LogP contribution in [0.5, 0.6) is 0 Å². The van der Waals surface area contributed by atoms with Crippen molar-refractivity contribution < 1.29 is 9.59 Å². The summed E-state index contributed by atoms with van der Waals surface area (Å²) in [7, 11) is 0. The highest BCUT2D eigenvalue weighted by molar-refractivity contribution is 5.98. The van der Waals surface area contributed by atoms with Gasteiger partial charge in [-0.3, -0.25) is 9.59 Å². The lowest BCUT2D eigenvalue weighted by Crippen LogP contribution is -2.15. The maximum atomic E-state index is 12.5. The highest BCUT2D eigenvalue weighted by atomic mass is 16.2. The van der Waals surface area contributed by atoms with Crippen LogP contribution in [0.3, 0.4) is 0 Å². The van der Waals surface area contributed by atoms with Gasteiger partial charge in [-0.25, -0.2) is 9.50 Å². The van der Waals surface area contributed by atoms with Gasteiger partial charge in [0.1, 0.15) is 5.56 Å². The molecule has 0 bridgehead atoms. The monoisotopic (exact) mass is 390 g/mol. The predicted octanol–water partition coefficient (Wildman–Crippen LogP) is 2.81. The molecule has 3 aromatic heterocycles. The van der Waals surface area contributed by atoms with Crippen molar-refractivity contribution in [2.24, 2.45) is 5.73 Å². The first kappa shape index (κ1) is 18.7. The average Bonchev–Trinajstić information content (AvgIpc) is 3.23. The summed E-state index contributed by atoms with van der Waals surface area (Å²) in [4.78, 5) is 31.8. The van der Waals surface area contributed by atoms with Gasteiger partial charge in [-0.1, -0.05) is 0 Å². The number of carbonyl (C=O) groups is 2. The van der Waals surface area contributed by atoms with Crippen molar-refractivity contribution in [3.63, 3.8) is 0 Å². The van der Waals surface area contributed by atoms with E-state index in [0.717, 1.165) is 39.2 Å². The number of nitrogens with one attached hydrogen (secondary N) is 2. The summed E-state index contributed by atoms with van der Waals surface area (Å²) in [5, 5.41) is 8.23. The largest absolute Gasteiger partial charge is 0.365 e. The second kappa shape index (κ2) is 7.05. The van der Waals surface area contributed by atoms with Crippen LogP contribution >= 0.6 is 0 Å². The fraction of sp³-hybridized carbons (Fsp3) is 0.238. The number of hydrogen-bond acceptors (Lipinski definition) is 4. The van der Waals surface area contributed by atoms with Gasteiger partial charge in [-0.2, -0.15) is 5.10 Å². The molecule has 4 rings (SSSR count). The van der Waals surface area contributed by atoms with Crippen LogP contribution in [0.1, 0.15) is 39.4 Å². The Morgan fingerprint density at radius 1 is 1.21 bits per heavy atom. The van der Waals surface area contributed by atoms with Crippen molar-refractivity contribution in [3.8, 4) is 0 Å². The Balaban J connectivity index is 1.51.